The number of carbonyl (C=O) groups is 1. The van der Waals surface area contributed by atoms with E-state index in [2.05, 4.69) is 17.4 Å². The Kier molecular flexibility index (Phi) is 6.42. The van der Waals surface area contributed by atoms with Crippen molar-refractivity contribution in [3.05, 3.63) is 81.9 Å². The number of carbonyl (C=O) groups excluding carboxylic acids is 1. The van der Waals surface area contributed by atoms with Gasteiger partial charge >= 0.3 is 0 Å². The molecule has 1 amide bonds. The summed E-state index contributed by atoms with van der Waals surface area (Å²) >= 11 is 1.69. The van der Waals surface area contributed by atoms with Gasteiger partial charge in [0.2, 0.25) is 5.91 Å². The van der Waals surface area contributed by atoms with E-state index >= 15 is 0 Å². The molecular weight excluding hydrogens is 334 g/mol. The first-order chi connectivity index (χ1) is 12.3. The monoisotopic (exact) mass is 355 g/mol. The van der Waals surface area contributed by atoms with Crippen molar-refractivity contribution < 1.29 is 13.9 Å². The predicted octanol–water partition coefficient (Wildman–Crippen LogP) is 4.31. The number of furan rings is 1. The van der Waals surface area contributed by atoms with Crippen LogP contribution in [0.15, 0.2) is 64.6 Å². The van der Waals surface area contributed by atoms with E-state index in [9.17, 15) is 4.79 Å². The first-order valence-electron chi connectivity index (χ1n) is 8.26. The van der Waals surface area contributed by atoms with Gasteiger partial charge in [0.1, 0.15) is 12.4 Å². The quantitative estimate of drug-likeness (QED) is 0.622. The molecule has 25 heavy (non-hydrogen) atoms. The maximum Gasteiger partial charge on any atom is 0.220 e. The van der Waals surface area contributed by atoms with Gasteiger partial charge in [-0.3, -0.25) is 4.79 Å². The fraction of sp³-hybridized carbons (Fsp3) is 0.250. The average Bonchev–Trinajstić information content (AvgIpc) is 3.32. The normalized spacial score (nSPS) is 10.7. The van der Waals surface area contributed by atoms with Gasteiger partial charge in [0, 0.05) is 17.8 Å². The standard InChI is InChI=1S/C20H21NO3S/c22-20(9-8-19-7-3-11-25-19)21-13-16-4-1-5-17(12-16)14-23-15-18-6-2-10-24-18/h1-7,10-12H,8-9,13-15H2,(H,21,22). The number of amides is 1. The summed E-state index contributed by atoms with van der Waals surface area (Å²) in [5.41, 5.74) is 2.15. The highest BCUT2D eigenvalue weighted by Gasteiger charge is 2.04. The fourth-order valence-electron chi connectivity index (χ4n) is 2.47. The second-order valence-electron chi connectivity index (χ2n) is 5.75. The fourth-order valence-corrected chi connectivity index (χ4v) is 3.18. The van der Waals surface area contributed by atoms with Crippen LogP contribution in [-0.2, 0) is 35.7 Å². The van der Waals surface area contributed by atoms with Gasteiger partial charge in [0.05, 0.1) is 12.9 Å². The molecule has 0 spiro atoms. The molecule has 3 rings (SSSR count). The summed E-state index contributed by atoms with van der Waals surface area (Å²) in [5.74, 6) is 0.891. The second-order valence-corrected chi connectivity index (χ2v) is 6.78. The minimum absolute atomic E-state index is 0.0767. The maximum absolute atomic E-state index is 12.0. The number of hydrogen-bond donors (Lipinski definition) is 1. The molecule has 130 valence electrons. The van der Waals surface area contributed by atoms with Crippen molar-refractivity contribution in [2.45, 2.75) is 32.6 Å². The van der Waals surface area contributed by atoms with Gasteiger partial charge < -0.3 is 14.5 Å². The number of rotatable bonds is 9. The maximum atomic E-state index is 12.0. The molecule has 1 N–H and O–H groups in total. The summed E-state index contributed by atoms with van der Waals surface area (Å²) in [4.78, 5) is 13.2. The van der Waals surface area contributed by atoms with E-state index in [-0.39, 0.29) is 5.91 Å². The van der Waals surface area contributed by atoms with Crippen molar-refractivity contribution >= 4 is 17.2 Å². The van der Waals surface area contributed by atoms with E-state index in [1.54, 1.807) is 17.6 Å². The van der Waals surface area contributed by atoms with E-state index in [4.69, 9.17) is 9.15 Å². The van der Waals surface area contributed by atoms with Crippen LogP contribution in [0, 0.1) is 0 Å². The number of aryl methyl sites for hydroxylation is 1. The molecule has 0 atom stereocenters. The first kappa shape index (κ1) is 17.5. The Bertz CT molecular complexity index is 766. The SMILES string of the molecule is O=C(CCc1cccs1)NCc1cccc(COCc2ccco2)c1. The van der Waals surface area contributed by atoms with Gasteiger partial charge in [-0.25, -0.2) is 0 Å². The van der Waals surface area contributed by atoms with Gasteiger partial charge in [-0.05, 0) is 41.1 Å². The summed E-state index contributed by atoms with van der Waals surface area (Å²) < 4.78 is 10.9. The summed E-state index contributed by atoms with van der Waals surface area (Å²) in [6, 6.07) is 15.9. The van der Waals surface area contributed by atoms with Crippen LogP contribution in [0.5, 0.6) is 0 Å². The summed E-state index contributed by atoms with van der Waals surface area (Å²) in [5, 5.41) is 5.01. The van der Waals surface area contributed by atoms with E-state index in [1.807, 2.05) is 41.8 Å². The van der Waals surface area contributed by atoms with Crippen LogP contribution < -0.4 is 5.32 Å². The Morgan fingerprint density at radius 1 is 1.08 bits per heavy atom. The smallest absolute Gasteiger partial charge is 0.220 e. The molecule has 2 aromatic heterocycles. The molecule has 0 unspecified atom stereocenters. The molecular formula is C20H21NO3S. The van der Waals surface area contributed by atoms with Crippen molar-refractivity contribution in [1.29, 1.82) is 0 Å². The molecule has 0 aliphatic heterocycles. The van der Waals surface area contributed by atoms with Gasteiger partial charge in [0.15, 0.2) is 0 Å². The summed E-state index contributed by atoms with van der Waals surface area (Å²) in [7, 11) is 0. The first-order valence-corrected chi connectivity index (χ1v) is 9.14. The number of hydrogen-bond acceptors (Lipinski definition) is 4. The van der Waals surface area contributed by atoms with E-state index in [1.165, 1.54) is 4.88 Å². The molecule has 0 saturated carbocycles. The second kappa shape index (κ2) is 9.20. The molecule has 1 aromatic carbocycles. The Balaban J connectivity index is 1.40. The van der Waals surface area contributed by atoms with Crippen LogP contribution in [0.2, 0.25) is 0 Å². The molecule has 0 fully saturated rings. The zero-order valence-electron chi connectivity index (χ0n) is 13.9. The lowest BCUT2D eigenvalue weighted by Gasteiger charge is -2.08. The lowest BCUT2D eigenvalue weighted by Crippen LogP contribution is -2.22. The highest BCUT2D eigenvalue weighted by molar-refractivity contribution is 7.09. The van der Waals surface area contributed by atoms with E-state index < -0.39 is 0 Å². The van der Waals surface area contributed by atoms with Crippen LogP contribution in [0.4, 0.5) is 0 Å². The van der Waals surface area contributed by atoms with Crippen LogP contribution in [0.25, 0.3) is 0 Å². The van der Waals surface area contributed by atoms with Gasteiger partial charge in [-0.1, -0.05) is 30.3 Å². The zero-order valence-corrected chi connectivity index (χ0v) is 14.8. The molecule has 4 nitrogen and oxygen atoms in total. The number of benzene rings is 1. The lowest BCUT2D eigenvalue weighted by molar-refractivity contribution is -0.121. The molecule has 2 heterocycles. The van der Waals surface area contributed by atoms with E-state index in [0.29, 0.717) is 26.2 Å². The van der Waals surface area contributed by atoms with Crippen molar-refractivity contribution in [2.75, 3.05) is 0 Å². The molecule has 3 aromatic rings. The van der Waals surface area contributed by atoms with Crippen LogP contribution in [0.1, 0.15) is 28.2 Å². The minimum Gasteiger partial charge on any atom is -0.467 e. The van der Waals surface area contributed by atoms with Crippen molar-refractivity contribution in [3.8, 4) is 0 Å². The molecule has 0 aliphatic rings. The highest BCUT2D eigenvalue weighted by Crippen LogP contribution is 2.11. The molecule has 0 bridgehead atoms. The van der Waals surface area contributed by atoms with Crippen LogP contribution in [0.3, 0.4) is 0 Å². The predicted molar refractivity (Wildman–Crippen MR) is 98.1 cm³/mol. The molecule has 0 aliphatic carbocycles. The van der Waals surface area contributed by atoms with Gasteiger partial charge in [-0.15, -0.1) is 11.3 Å². The number of ether oxygens (including phenoxy) is 1. The Hall–Kier alpha value is -2.37. The van der Waals surface area contributed by atoms with Crippen molar-refractivity contribution in [1.82, 2.24) is 5.32 Å². The van der Waals surface area contributed by atoms with Crippen LogP contribution in [-0.4, -0.2) is 5.91 Å². The zero-order chi connectivity index (χ0) is 17.3. The lowest BCUT2D eigenvalue weighted by atomic mass is 10.1. The Labute approximate surface area is 151 Å². The van der Waals surface area contributed by atoms with Crippen molar-refractivity contribution in [2.24, 2.45) is 0 Å². The third kappa shape index (κ3) is 5.89. The Morgan fingerprint density at radius 2 is 2.00 bits per heavy atom. The third-order valence-corrected chi connectivity index (χ3v) is 4.69. The van der Waals surface area contributed by atoms with Gasteiger partial charge in [-0.2, -0.15) is 0 Å². The summed E-state index contributed by atoms with van der Waals surface area (Å²) in [6.07, 6.45) is 2.96. The summed E-state index contributed by atoms with van der Waals surface area (Å²) in [6.45, 7) is 1.51. The minimum atomic E-state index is 0.0767. The number of nitrogens with one attached hydrogen (secondary N) is 1. The Morgan fingerprint density at radius 3 is 2.80 bits per heavy atom. The average molecular weight is 355 g/mol. The third-order valence-electron chi connectivity index (χ3n) is 3.75. The molecule has 0 radical (unpaired) electrons. The highest BCUT2D eigenvalue weighted by atomic mass is 32.1. The van der Waals surface area contributed by atoms with Gasteiger partial charge in [0.25, 0.3) is 0 Å². The van der Waals surface area contributed by atoms with Crippen molar-refractivity contribution in [3.63, 3.8) is 0 Å². The molecule has 5 heteroatoms. The van der Waals surface area contributed by atoms with Crippen LogP contribution >= 0.6 is 11.3 Å². The topological polar surface area (TPSA) is 51.5 Å². The largest absolute Gasteiger partial charge is 0.467 e. The van der Waals surface area contributed by atoms with E-state index in [0.717, 1.165) is 23.3 Å². The number of thiophene rings is 1. The molecule has 0 saturated heterocycles.